The monoisotopic (exact) mass is 348 g/mol. The van der Waals surface area contributed by atoms with E-state index >= 15 is 0 Å². The molecule has 0 aromatic heterocycles. The number of ether oxygens (including phenoxy) is 4. The van der Waals surface area contributed by atoms with E-state index in [0.717, 1.165) is 13.2 Å². The maximum atomic E-state index is 14.3. The quantitative estimate of drug-likeness (QED) is 0.430. The lowest BCUT2D eigenvalue weighted by atomic mass is 10.0. The summed E-state index contributed by atoms with van der Waals surface area (Å²) in [4.78, 5) is 21.8. The van der Waals surface area contributed by atoms with Crippen LogP contribution in [0.5, 0.6) is 0 Å². The van der Waals surface area contributed by atoms with Crippen LogP contribution in [0.1, 0.15) is 13.8 Å². The largest absolute Gasteiger partial charge is 0.499 e. The molecule has 0 amide bonds. The maximum absolute atomic E-state index is 14.3. The van der Waals surface area contributed by atoms with Gasteiger partial charge in [0.15, 0.2) is 0 Å². The predicted molar refractivity (Wildman–Crippen MR) is 62.1 cm³/mol. The standard InChI is InChI=1S/C12H13F5O6/c1-4-20-5-8-9(21-6(2)18)10(13,14)11(23-8,12(15,16)17)22-7(3)19/h4,8-9H,1,5H2,2-3H3. The van der Waals surface area contributed by atoms with Gasteiger partial charge in [-0.25, -0.2) is 0 Å². The van der Waals surface area contributed by atoms with Crippen LogP contribution < -0.4 is 0 Å². The summed E-state index contributed by atoms with van der Waals surface area (Å²) in [5, 5.41) is 0. The van der Waals surface area contributed by atoms with Gasteiger partial charge in [0.05, 0.1) is 6.26 Å². The van der Waals surface area contributed by atoms with Gasteiger partial charge in [0.2, 0.25) is 6.10 Å². The first-order chi connectivity index (χ1) is 10.4. The Bertz CT molecular complexity index is 491. The third-order valence-corrected chi connectivity index (χ3v) is 2.78. The molecular weight excluding hydrogens is 335 g/mol. The number of rotatable bonds is 5. The van der Waals surface area contributed by atoms with Crippen molar-refractivity contribution in [2.75, 3.05) is 6.61 Å². The average molecular weight is 348 g/mol. The third kappa shape index (κ3) is 3.38. The van der Waals surface area contributed by atoms with E-state index in [0.29, 0.717) is 6.92 Å². The molecule has 0 N–H and O–H groups in total. The number of halogens is 5. The predicted octanol–water partition coefficient (Wildman–Crippen LogP) is 1.93. The molecule has 11 heteroatoms. The van der Waals surface area contributed by atoms with Gasteiger partial charge in [-0.2, -0.15) is 22.0 Å². The second kappa shape index (κ2) is 6.30. The molecule has 3 atom stereocenters. The van der Waals surface area contributed by atoms with Crippen LogP contribution >= 0.6 is 0 Å². The Morgan fingerprint density at radius 2 is 1.83 bits per heavy atom. The van der Waals surface area contributed by atoms with Crippen molar-refractivity contribution in [3.05, 3.63) is 12.8 Å². The van der Waals surface area contributed by atoms with Gasteiger partial charge in [-0.1, -0.05) is 6.58 Å². The molecule has 1 heterocycles. The Morgan fingerprint density at radius 1 is 1.26 bits per heavy atom. The van der Waals surface area contributed by atoms with Crippen molar-refractivity contribution >= 4 is 11.9 Å². The van der Waals surface area contributed by atoms with Gasteiger partial charge in [-0.15, -0.1) is 0 Å². The molecule has 0 bridgehead atoms. The van der Waals surface area contributed by atoms with Gasteiger partial charge >= 0.3 is 29.8 Å². The maximum Gasteiger partial charge on any atom is 0.462 e. The zero-order valence-electron chi connectivity index (χ0n) is 12.0. The highest BCUT2D eigenvalue weighted by Gasteiger charge is 2.84. The summed E-state index contributed by atoms with van der Waals surface area (Å²) in [6, 6.07) is 0. The zero-order chi connectivity index (χ0) is 18.1. The number of hydrogen-bond donors (Lipinski definition) is 0. The summed E-state index contributed by atoms with van der Waals surface area (Å²) in [6.07, 6.45) is -9.76. The Kier molecular flexibility index (Phi) is 5.24. The fourth-order valence-electron chi connectivity index (χ4n) is 2.00. The van der Waals surface area contributed by atoms with Gasteiger partial charge in [0, 0.05) is 13.8 Å². The molecule has 3 unspecified atom stereocenters. The van der Waals surface area contributed by atoms with Gasteiger partial charge < -0.3 is 18.9 Å². The van der Waals surface area contributed by atoms with Crippen molar-refractivity contribution in [3.63, 3.8) is 0 Å². The van der Waals surface area contributed by atoms with Crippen molar-refractivity contribution in [2.24, 2.45) is 0 Å². The highest BCUT2D eigenvalue weighted by molar-refractivity contribution is 5.67. The highest BCUT2D eigenvalue weighted by atomic mass is 19.4. The van der Waals surface area contributed by atoms with Crippen molar-refractivity contribution in [2.45, 2.75) is 43.9 Å². The molecule has 1 saturated heterocycles. The molecule has 1 rings (SSSR count). The Hall–Kier alpha value is -1.91. The van der Waals surface area contributed by atoms with Crippen LogP contribution in [-0.2, 0) is 28.5 Å². The molecule has 1 aliphatic heterocycles. The Balaban J connectivity index is 3.37. The summed E-state index contributed by atoms with van der Waals surface area (Å²) >= 11 is 0. The number of esters is 2. The molecular formula is C12H13F5O6. The first-order valence-corrected chi connectivity index (χ1v) is 6.10. The molecule has 6 nitrogen and oxygen atoms in total. The summed E-state index contributed by atoms with van der Waals surface area (Å²) in [5.74, 6) is -12.4. The molecule has 132 valence electrons. The van der Waals surface area contributed by atoms with E-state index in [1.807, 2.05) is 0 Å². The van der Waals surface area contributed by atoms with E-state index < -0.39 is 48.6 Å². The molecule has 0 aliphatic carbocycles. The smallest absolute Gasteiger partial charge is 0.462 e. The lowest BCUT2D eigenvalue weighted by Crippen LogP contribution is -2.62. The number of hydrogen-bond acceptors (Lipinski definition) is 6. The molecule has 0 radical (unpaired) electrons. The topological polar surface area (TPSA) is 71.1 Å². The number of carbonyl (C=O) groups is 2. The van der Waals surface area contributed by atoms with Crippen LogP contribution in [0.15, 0.2) is 12.8 Å². The molecule has 23 heavy (non-hydrogen) atoms. The second-order valence-corrected chi connectivity index (χ2v) is 4.52. The fraction of sp³-hybridized carbons (Fsp3) is 0.667. The first-order valence-electron chi connectivity index (χ1n) is 6.10. The molecule has 0 aromatic rings. The van der Waals surface area contributed by atoms with Gasteiger partial charge in [-0.3, -0.25) is 9.59 Å². The minimum atomic E-state index is -5.80. The second-order valence-electron chi connectivity index (χ2n) is 4.52. The zero-order valence-corrected chi connectivity index (χ0v) is 12.0. The summed E-state index contributed by atoms with van der Waals surface area (Å²) in [6.45, 7) is 3.48. The van der Waals surface area contributed by atoms with E-state index in [4.69, 9.17) is 0 Å². The Morgan fingerprint density at radius 3 is 2.22 bits per heavy atom. The lowest BCUT2D eigenvalue weighted by Gasteiger charge is -2.34. The Labute approximate surface area is 127 Å². The van der Waals surface area contributed by atoms with Gasteiger partial charge in [-0.05, 0) is 0 Å². The molecule has 1 aliphatic rings. The molecule has 0 aromatic carbocycles. The highest BCUT2D eigenvalue weighted by Crippen LogP contribution is 2.54. The van der Waals surface area contributed by atoms with E-state index in [9.17, 15) is 31.5 Å². The van der Waals surface area contributed by atoms with Crippen LogP contribution in [0.25, 0.3) is 0 Å². The van der Waals surface area contributed by atoms with E-state index in [-0.39, 0.29) is 0 Å². The van der Waals surface area contributed by atoms with Crippen LogP contribution in [0.2, 0.25) is 0 Å². The summed E-state index contributed by atoms with van der Waals surface area (Å²) in [7, 11) is 0. The van der Waals surface area contributed by atoms with E-state index in [1.165, 1.54) is 0 Å². The van der Waals surface area contributed by atoms with Crippen molar-refractivity contribution in [3.8, 4) is 0 Å². The van der Waals surface area contributed by atoms with Crippen molar-refractivity contribution in [1.29, 1.82) is 0 Å². The summed E-state index contributed by atoms with van der Waals surface area (Å²) in [5.41, 5.74) is 0. The number of carbonyl (C=O) groups excluding carboxylic acids is 2. The third-order valence-electron chi connectivity index (χ3n) is 2.78. The fourth-order valence-corrected chi connectivity index (χ4v) is 2.00. The van der Waals surface area contributed by atoms with E-state index in [2.05, 4.69) is 25.5 Å². The van der Waals surface area contributed by atoms with Gasteiger partial charge in [0.25, 0.3) is 0 Å². The van der Waals surface area contributed by atoms with Crippen LogP contribution in [0.3, 0.4) is 0 Å². The molecule has 0 saturated carbocycles. The van der Waals surface area contributed by atoms with Crippen LogP contribution in [0, 0.1) is 0 Å². The lowest BCUT2D eigenvalue weighted by molar-refractivity contribution is -0.409. The van der Waals surface area contributed by atoms with E-state index in [1.54, 1.807) is 0 Å². The normalized spacial score (nSPS) is 29.7. The van der Waals surface area contributed by atoms with Gasteiger partial charge in [0.1, 0.15) is 12.7 Å². The minimum Gasteiger partial charge on any atom is -0.499 e. The number of alkyl halides is 5. The van der Waals surface area contributed by atoms with Crippen LogP contribution in [0.4, 0.5) is 22.0 Å². The average Bonchev–Trinajstić information content (AvgIpc) is 2.56. The first kappa shape index (κ1) is 19.1. The van der Waals surface area contributed by atoms with Crippen LogP contribution in [-0.4, -0.2) is 48.6 Å². The molecule has 1 fully saturated rings. The molecule has 0 spiro atoms. The minimum absolute atomic E-state index is 0.501. The summed E-state index contributed by atoms with van der Waals surface area (Å²) < 4.78 is 85.1. The van der Waals surface area contributed by atoms with Crippen molar-refractivity contribution < 1.29 is 50.5 Å². The van der Waals surface area contributed by atoms with Crippen molar-refractivity contribution in [1.82, 2.24) is 0 Å². The SMILES string of the molecule is C=COCC1OC(OC(C)=O)(C(F)(F)F)C(F)(F)C1OC(C)=O.